The predicted molar refractivity (Wildman–Crippen MR) is 185 cm³/mol. The SMILES string of the molecule is CCCCCCCCCCCCCCCCCCNC(CC(=O)OCCCCCCCCCCCCCCCC)C(=O)O. The van der Waals surface area contributed by atoms with E-state index in [0.29, 0.717) is 13.2 Å². The van der Waals surface area contributed by atoms with Crippen LogP contribution in [-0.4, -0.2) is 36.2 Å². The van der Waals surface area contributed by atoms with Crippen molar-refractivity contribution in [3.8, 4) is 0 Å². The van der Waals surface area contributed by atoms with Gasteiger partial charge in [0.05, 0.1) is 13.0 Å². The molecular weight excluding hydrogens is 534 g/mol. The van der Waals surface area contributed by atoms with E-state index in [0.717, 1.165) is 25.7 Å². The molecule has 0 aliphatic rings. The number of carboxylic acid groups (broad SMARTS) is 1. The highest BCUT2D eigenvalue weighted by molar-refractivity contribution is 5.81. The second-order valence-electron chi connectivity index (χ2n) is 13.2. The molecule has 43 heavy (non-hydrogen) atoms. The van der Waals surface area contributed by atoms with Gasteiger partial charge in [-0.2, -0.15) is 0 Å². The fourth-order valence-corrected chi connectivity index (χ4v) is 5.90. The number of carboxylic acids is 1. The number of nitrogens with one attached hydrogen (secondary N) is 1. The van der Waals surface area contributed by atoms with Gasteiger partial charge in [-0.3, -0.25) is 9.59 Å². The van der Waals surface area contributed by atoms with Gasteiger partial charge in [-0.25, -0.2) is 0 Å². The molecule has 0 saturated heterocycles. The van der Waals surface area contributed by atoms with E-state index in [-0.39, 0.29) is 6.42 Å². The van der Waals surface area contributed by atoms with Crippen molar-refractivity contribution in [3.05, 3.63) is 0 Å². The molecule has 256 valence electrons. The van der Waals surface area contributed by atoms with Gasteiger partial charge < -0.3 is 15.2 Å². The van der Waals surface area contributed by atoms with Crippen molar-refractivity contribution in [1.29, 1.82) is 0 Å². The van der Waals surface area contributed by atoms with Crippen LogP contribution in [0, 0.1) is 0 Å². The third kappa shape index (κ3) is 33.6. The van der Waals surface area contributed by atoms with E-state index < -0.39 is 18.0 Å². The Morgan fingerprint density at radius 3 is 1.12 bits per heavy atom. The van der Waals surface area contributed by atoms with Crippen LogP contribution in [0.2, 0.25) is 0 Å². The van der Waals surface area contributed by atoms with Gasteiger partial charge in [0.25, 0.3) is 0 Å². The zero-order valence-electron chi connectivity index (χ0n) is 29.1. The van der Waals surface area contributed by atoms with E-state index in [1.54, 1.807) is 0 Å². The minimum absolute atomic E-state index is 0.0905. The van der Waals surface area contributed by atoms with Crippen LogP contribution in [0.15, 0.2) is 0 Å². The number of esters is 1. The number of carbonyl (C=O) groups excluding carboxylic acids is 1. The fraction of sp³-hybridized carbons (Fsp3) is 0.947. The third-order valence-electron chi connectivity index (χ3n) is 8.85. The molecule has 0 fully saturated rings. The molecule has 0 bridgehead atoms. The number of hydrogen-bond acceptors (Lipinski definition) is 4. The average molecular weight is 610 g/mol. The highest BCUT2D eigenvalue weighted by Crippen LogP contribution is 2.15. The van der Waals surface area contributed by atoms with Crippen LogP contribution in [0.4, 0.5) is 0 Å². The highest BCUT2D eigenvalue weighted by Gasteiger charge is 2.21. The van der Waals surface area contributed by atoms with Crippen molar-refractivity contribution in [3.63, 3.8) is 0 Å². The largest absolute Gasteiger partial charge is 0.480 e. The first kappa shape index (κ1) is 41.9. The standard InChI is InChI=1S/C38H75NO4/c1-3-5-7-9-11-13-15-17-19-20-21-23-25-27-29-31-33-39-36(38(41)42)35-37(40)43-34-32-30-28-26-24-22-18-16-14-12-10-8-6-4-2/h36,39H,3-35H2,1-2H3,(H,41,42). The van der Waals surface area contributed by atoms with Crippen molar-refractivity contribution in [2.45, 2.75) is 219 Å². The molecule has 0 radical (unpaired) electrons. The highest BCUT2D eigenvalue weighted by atomic mass is 16.5. The molecule has 0 aliphatic heterocycles. The summed E-state index contributed by atoms with van der Waals surface area (Å²) in [5.41, 5.74) is 0. The summed E-state index contributed by atoms with van der Waals surface area (Å²) in [5.74, 6) is -1.37. The molecule has 0 spiro atoms. The smallest absolute Gasteiger partial charge is 0.321 e. The summed E-state index contributed by atoms with van der Waals surface area (Å²) >= 11 is 0. The molecule has 0 aromatic rings. The maximum Gasteiger partial charge on any atom is 0.321 e. The topological polar surface area (TPSA) is 75.6 Å². The van der Waals surface area contributed by atoms with Crippen molar-refractivity contribution in [2.24, 2.45) is 0 Å². The lowest BCUT2D eigenvalue weighted by atomic mass is 10.0. The molecule has 0 rings (SSSR count). The van der Waals surface area contributed by atoms with E-state index in [1.807, 2.05) is 0 Å². The van der Waals surface area contributed by atoms with Crippen molar-refractivity contribution >= 4 is 11.9 Å². The van der Waals surface area contributed by atoms with Crippen LogP contribution < -0.4 is 5.32 Å². The Hall–Kier alpha value is -1.10. The molecule has 1 atom stereocenters. The summed E-state index contributed by atoms with van der Waals surface area (Å²) in [7, 11) is 0. The number of ether oxygens (including phenoxy) is 1. The first-order chi connectivity index (χ1) is 21.1. The molecule has 1 unspecified atom stereocenters. The van der Waals surface area contributed by atoms with Gasteiger partial charge in [0.2, 0.25) is 0 Å². The van der Waals surface area contributed by atoms with E-state index in [4.69, 9.17) is 4.74 Å². The number of unbranched alkanes of at least 4 members (excludes halogenated alkanes) is 28. The fourth-order valence-electron chi connectivity index (χ4n) is 5.90. The summed E-state index contributed by atoms with van der Waals surface area (Å²) < 4.78 is 5.32. The van der Waals surface area contributed by atoms with Crippen LogP contribution in [0.25, 0.3) is 0 Å². The van der Waals surface area contributed by atoms with Crippen LogP contribution in [0.5, 0.6) is 0 Å². The van der Waals surface area contributed by atoms with E-state index in [9.17, 15) is 14.7 Å². The lowest BCUT2D eigenvalue weighted by molar-refractivity contribution is -0.149. The van der Waals surface area contributed by atoms with Gasteiger partial charge in [-0.05, 0) is 19.4 Å². The zero-order chi connectivity index (χ0) is 31.5. The van der Waals surface area contributed by atoms with E-state index in [1.165, 1.54) is 167 Å². The number of carbonyl (C=O) groups is 2. The quantitative estimate of drug-likeness (QED) is 0.0546. The van der Waals surface area contributed by atoms with Crippen molar-refractivity contribution in [1.82, 2.24) is 5.32 Å². The van der Waals surface area contributed by atoms with Crippen LogP contribution >= 0.6 is 0 Å². The van der Waals surface area contributed by atoms with Gasteiger partial charge in [0.15, 0.2) is 0 Å². The minimum atomic E-state index is -0.968. The van der Waals surface area contributed by atoms with Crippen molar-refractivity contribution < 1.29 is 19.4 Å². The molecule has 0 aromatic heterocycles. The Bertz CT molecular complexity index is 582. The van der Waals surface area contributed by atoms with E-state index in [2.05, 4.69) is 19.2 Å². The average Bonchev–Trinajstić information content (AvgIpc) is 3.00. The Morgan fingerprint density at radius 1 is 0.488 bits per heavy atom. The summed E-state index contributed by atoms with van der Waals surface area (Å²) in [5, 5.41) is 12.5. The molecule has 0 amide bonds. The van der Waals surface area contributed by atoms with Gasteiger partial charge in [-0.15, -0.1) is 0 Å². The Balaban J connectivity index is 3.49. The van der Waals surface area contributed by atoms with Crippen LogP contribution in [0.3, 0.4) is 0 Å². The molecule has 5 heteroatoms. The maximum absolute atomic E-state index is 12.1. The molecular formula is C38H75NO4. The monoisotopic (exact) mass is 610 g/mol. The normalized spacial score (nSPS) is 12.0. The molecule has 0 saturated carbocycles. The van der Waals surface area contributed by atoms with Crippen LogP contribution in [-0.2, 0) is 14.3 Å². The number of hydrogen-bond donors (Lipinski definition) is 2. The van der Waals surface area contributed by atoms with Gasteiger partial charge in [0.1, 0.15) is 6.04 Å². The lowest BCUT2D eigenvalue weighted by Crippen LogP contribution is -2.39. The molecule has 2 N–H and O–H groups in total. The molecule has 0 heterocycles. The Labute approximate surface area is 268 Å². The molecule has 5 nitrogen and oxygen atoms in total. The van der Waals surface area contributed by atoms with E-state index >= 15 is 0 Å². The number of aliphatic carboxylic acids is 1. The number of rotatable bonds is 36. The lowest BCUT2D eigenvalue weighted by Gasteiger charge is -2.14. The van der Waals surface area contributed by atoms with Gasteiger partial charge in [-0.1, -0.05) is 194 Å². The van der Waals surface area contributed by atoms with Crippen LogP contribution in [0.1, 0.15) is 213 Å². The first-order valence-electron chi connectivity index (χ1n) is 19.2. The second-order valence-corrected chi connectivity index (χ2v) is 13.2. The maximum atomic E-state index is 12.1. The second kappa shape index (κ2) is 35.4. The Kier molecular flexibility index (Phi) is 34.5. The van der Waals surface area contributed by atoms with Crippen molar-refractivity contribution in [2.75, 3.05) is 13.2 Å². The van der Waals surface area contributed by atoms with Gasteiger partial charge in [0, 0.05) is 0 Å². The molecule has 0 aromatic carbocycles. The van der Waals surface area contributed by atoms with Gasteiger partial charge >= 0.3 is 11.9 Å². The Morgan fingerprint density at radius 2 is 0.791 bits per heavy atom. The predicted octanol–water partition coefficient (Wildman–Crippen LogP) is 11.7. The first-order valence-corrected chi connectivity index (χ1v) is 19.2. The minimum Gasteiger partial charge on any atom is -0.480 e. The summed E-state index contributed by atoms with van der Waals surface area (Å²) in [4.78, 5) is 23.7. The molecule has 0 aliphatic carbocycles. The summed E-state index contributed by atoms with van der Waals surface area (Å²) in [6, 6.07) is -0.847. The third-order valence-corrected chi connectivity index (χ3v) is 8.85. The zero-order valence-corrected chi connectivity index (χ0v) is 29.1. The summed E-state index contributed by atoms with van der Waals surface area (Å²) in [6.07, 6.45) is 39.2. The summed E-state index contributed by atoms with van der Waals surface area (Å²) in [6.45, 7) is 5.59.